The quantitative estimate of drug-likeness (QED) is 0.776. The molecule has 1 atom stereocenters. The number of ether oxygens (including phenoxy) is 1. The van der Waals surface area contributed by atoms with Gasteiger partial charge in [-0.15, -0.1) is 0 Å². The molecule has 0 spiro atoms. The highest BCUT2D eigenvalue weighted by Crippen LogP contribution is 2.35. The minimum absolute atomic E-state index is 0.170. The number of aryl methyl sites for hydroxylation is 1. The number of cyclic esters (lactones) is 1. The van der Waals surface area contributed by atoms with Crippen LogP contribution in [0.25, 0.3) is 0 Å². The number of benzene rings is 2. The number of rotatable bonds is 2. The fourth-order valence-electron chi connectivity index (χ4n) is 2.43. The van der Waals surface area contributed by atoms with Crippen LogP contribution in [0.3, 0.4) is 0 Å². The van der Waals surface area contributed by atoms with Crippen molar-refractivity contribution in [1.82, 2.24) is 0 Å². The van der Waals surface area contributed by atoms with Crippen molar-refractivity contribution >= 4 is 21.9 Å². The summed E-state index contributed by atoms with van der Waals surface area (Å²) in [4.78, 5) is 11.9. The second kappa shape index (κ2) is 4.82. The summed E-state index contributed by atoms with van der Waals surface area (Å²) in [6.07, 6.45) is 0.559. The van der Waals surface area contributed by atoms with E-state index in [0.717, 1.165) is 16.5 Å². The van der Waals surface area contributed by atoms with E-state index in [-0.39, 0.29) is 12.1 Å². The van der Waals surface area contributed by atoms with Gasteiger partial charge in [0.25, 0.3) is 0 Å². The maximum atomic E-state index is 11.9. The van der Waals surface area contributed by atoms with Gasteiger partial charge < -0.3 is 4.74 Å². The Hall–Kier alpha value is -1.61. The predicted octanol–water partition coefficient (Wildman–Crippen LogP) is 4.21. The highest BCUT2D eigenvalue weighted by molar-refractivity contribution is 9.10. The van der Waals surface area contributed by atoms with Crippen LogP contribution in [-0.4, -0.2) is 5.97 Å². The van der Waals surface area contributed by atoms with Crippen LogP contribution in [-0.2, 0) is 11.2 Å². The largest absolute Gasteiger partial charge is 0.454 e. The van der Waals surface area contributed by atoms with E-state index in [0.29, 0.717) is 5.56 Å². The summed E-state index contributed by atoms with van der Waals surface area (Å²) in [5.41, 5.74) is 4.10. The van der Waals surface area contributed by atoms with E-state index in [9.17, 15) is 4.79 Å². The van der Waals surface area contributed by atoms with Crippen molar-refractivity contribution in [2.45, 2.75) is 19.4 Å². The van der Waals surface area contributed by atoms with Crippen LogP contribution in [0.4, 0.5) is 0 Å². The lowest BCUT2D eigenvalue weighted by Gasteiger charge is -2.12. The van der Waals surface area contributed by atoms with Gasteiger partial charge in [-0.2, -0.15) is 0 Å². The standard InChI is InChI=1S/C16H13BrO2/c1-10-4-2-3-5-11(10)8-15-13-7-6-12(17)9-14(13)16(18)19-15/h2-7,9,15H,8H2,1H3. The average molecular weight is 317 g/mol. The van der Waals surface area contributed by atoms with E-state index < -0.39 is 0 Å². The molecule has 0 saturated heterocycles. The van der Waals surface area contributed by atoms with Crippen LogP contribution < -0.4 is 0 Å². The zero-order valence-corrected chi connectivity index (χ0v) is 12.1. The summed E-state index contributed by atoms with van der Waals surface area (Å²) in [7, 11) is 0. The molecule has 1 aliphatic rings. The fourth-order valence-corrected chi connectivity index (χ4v) is 2.79. The van der Waals surface area contributed by atoms with Gasteiger partial charge in [0.05, 0.1) is 5.56 Å². The van der Waals surface area contributed by atoms with Gasteiger partial charge in [0, 0.05) is 16.5 Å². The van der Waals surface area contributed by atoms with E-state index in [2.05, 4.69) is 35.0 Å². The van der Waals surface area contributed by atoms with Crippen molar-refractivity contribution in [3.63, 3.8) is 0 Å². The van der Waals surface area contributed by atoms with E-state index in [4.69, 9.17) is 4.74 Å². The van der Waals surface area contributed by atoms with Gasteiger partial charge in [-0.1, -0.05) is 46.3 Å². The monoisotopic (exact) mass is 316 g/mol. The smallest absolute Gasteiger partial charge is 0.339 e. The second-order valence-corrected chi connectivity index (χ2v) is 5.67. The Balaban J connectivity index is 1.94. The van der Waals surface area contributed by atoms with Crippen LogP contribution in [0.5, 0.6) is 0 Å². The number of carbonyl (C=O) groups is 1. The van der Waals surface area contributed by atoms with Gasteiger partial charge in [-0.3, -0.25) is 0 Å². The first-order valence-electron chi connectivity index (χ1n) is 6.20. The summed E-state index contributed by atoms with van der Waals surface area (Å²) in [5, 5.41) is 0. The van der Waals surface area contributed by atoms with Crippen LogP contribution in [0, 0.1) is 6.92 Å². The Morgan fingerprint density at radius 3 is 2.79 bits per heavy atom. The van der Waals surface area contributed by atoms with Crippen molar-refractivity contribution in [3.8, 4) is 0 Å². The molecule has 0 fully saturated rings. The lowest BCUT2D eigenvalue weighted by molar-refractivity contribution is 0.0387. The molecule has 2 nitrogen and oxygen atoms in total. The number of carbonyl (C=O) groups excluding carboxylic acids is 1. The predicted molar refractivity (Wildman–Crippen MR) is 77.2 cm³/mol. The second-order valence-electron chi connectivity index (χ2n) is 4.76. The molecule has 3 heteroatoms. The maximum absolute atomic E-state index is 11.9. The molecule has 1 aliphatic heterocycles. The van der Waals surface area contributed by atoms with Crippen LogP contribution >= 0.6 is 15.9 Å². The molecule has 2 aromatic carbocycles. The lowest BCUT2D eigenvalue weighted by atomic mass is 9.97. The first-order chi connectivity index (χ1) is 9.15. The number of hydrogen-bond acceptors (Lipinski definition) is 2. The normalized spacial score (nSPS) is 17.2. The maximum Gasteiger partial charge on any atom is 0.339 e. The molecule has 0 aromatic heterocycles. The topological polar surface area (TPSA) is 26.3 Å². The van der Waals surface area contributed by atoms with Crippen molar-refractivity contribution in [3.05, 3.63) is 69.2 Å². The Morgan fingerprint density at radius 1 is 1.21 bits per heavy atom. The molecule has 0 amide bonds. The molecule has 3 rings (SSSR count). The van der Waals surface area contributed by atoms with E-state index in [1.807, 2.05) is 30.3 Å². The van der Waals surface area contributed by atoms with Crippen molar-refractivity contribution in [2.75, 3.05) is 0 Å². The molecule has 0 radical (unpaired) electrons. The summed E-state index contributed by atoms with van der Waals surface area (Å²) in [5.74, 6) is -0.227. The van der Waals surface area contributed by atoms with Gasteiger partial charge in [0.2, 0.25) is 0 Å². The number of halogens is 1. The fraction of sp³-hybridized carbons (Fsp3) is 0.188. The number of fused-ring (bicyclic) bond motifs is 1. The van der Waals surface area contributed by atoms with Gasteiger partial charge in [0.15, 0.2) is 0 Å². The minimum atomic E-state index is -0.227. The van der Waals surface area contributed by atoms with Gasteiger partial charge in [0.1, 0.15) is 6.10 Å². The van der Waals surface area contributed by atoms with E-state index in [1.165, 1.54) is 11.1 Å². The Bertz CT molecular complexity index is 649. The average Bonchev–Trinajstić information content (AvgIpc) is 2.69. The zero-order valence-electron chi connectivity index (χ0n) is 10.5. The highest BCUT2D eigenvalue weighted by Gasteiger charge is 2.31. The molecule has 2 aromatic rings. The lowest BCUT2D eigenvalue weighted by Crippen LogP contribution is -2.03. The summed E-state index contributed by atoms with van der Waals surface area (Å²) < 4.78 is 6.39. The minimum Gasteiger partial charge on any atom is -0.454 e. The molecular weight excluding hydrogens is 304 g/mol. The van der Waals surface area contributed by atoms with Crippen LogP contribution in [0.15, 0.2) is 46.9 Å². The molecule has 0 N–H and O–H groups in total. The van der Waals surface area contributed by atoms with E-state index >= 15 is 0 Å². The van der Waals surface area contributed by atoms with E-state index in [1.54, 1.807) is 0 Å². The molecule has 0 bridgehead atoms. The SMILES string of the molecule is Cc1ccccc1CC1OC(=O)c2cc(Br)ccc21. The van der Waals surface area contributed by atoms with Gasteiger partial charge in [-0.05, 0) is 30.2 Å². The summed E-state index contributed by atoms with van der Waals surface area (Å²) in [6, 6.07) is 13.9. The zero-order chi connectivity index (χ0) is 13.4. The third-order valence-electron chi connectivity index (χ3n) is 3.50. The first-order valence-corrected chi connectivity index (χ1v) is 6.99. The third-order valence-corrected chi connectivity index (χ3v) is 3.99. The molecule has 96 valence electrons. The molecule has 1 heterocycles. The molecule has 1 unspecified atom stereocenters. The van der Waals surface area contributed by atoms with Crippen molar-refractivity contribution in [1.29, 1.82) is 0 Å². The molecular formula is C16H13BrO2. The summed E-state index contributed by atoms with van der Waals surface area (Å²) in [6.45, 7) is 2.08. The van der Waals surface area contributed by atoms with Crippen molar-refractivity contribution in [2.24, 2.45) is 0 Å². The number of hydrogen-bond donors (Lipinski definition) is 0. The third kappa shape index (κ3) is 2.30. The van der Waals surface area contributed by atoms with Crippen LogP contribution in [0.1, 0.15) is 33.2 Å². The highest BCUT2D eigenvalue weighted by atomic mass is 79.9. The van der Waals surface area contributed by atoms with Crippen molar-refractivity contribution < 1.29 is 9.53 Å². The van der Waals surface area contributed by atoms with Gasteiger partial charge >= 0.3 is 5.97 Å². The Labute approximate surface area is 120 Å². The number of esters is 1. The van der Waals surface area contributed by atoms with Gasteiger partial charge in [-0.25, -0.2) is 4.79 Å². The molecule has 0 aliphatic carbocycles. The Morgan fingerprint density at radius 2 is 2.00 bits per heavy atom. The first kappa shape index (κ1) is 12.4. The van der Waals surface area contributed by atoms with Crippen LogP contribution in [0.2, 0.25) is 0 Å². The summed E-state index contributed by atoms with van der Waals surface area (Å²) >= 11 is 3.38. The Kier molecular flexibility index (Phi) is 3.15. The molecule has 0 saturated carbocycles. The molecule has 19 heavy (non-hydrogen) atoms.